The van der Waals surface area contributed by atoms with Gasteiger partial charge in [-0.05, 0) is 43.0 Å². The number of hydrogen-bond acceptors (Lipinski definition) is 3. The number of carbonyl (C=O) groups excluding carboxylic acids is 1. The van der Waals surface area contributed by atoms with Gasteiger partial charge in [0.2, 0.25) is 5.91 Å². The van der Waals surface area contributed by atoms with Gasteiger partial charge in [-0.3, -0.25) is 4.79 Å². The zero-order valence-corrected chi connectivity index (χ0v) is 14.9. The molecule has 0 radical (unpaired) electrons. The molecule has 5 nitrogen and oxygen atoms in total. The maximum Gasteiger partial charge on any atom is 0.326 e. The van der Waals surface area contributed by atoms with Crippen molar-refractivity contribution in [3.8, 4) is 5.75 Å². The molecule has 0 saturated carbocycles. The van der Waals surface area contributed by atoms with Crippen molar-refractivity contribution < 1.29 is 19.4 Å². The molecule has 0 aromatic heterocycles. The first kappa shape index (κ1) is 18.0. The predicted molar refractivity (Wildman–Crippen MR) is 98.0 cm³/mol. The second-order valence-corrected chi connectivity index (χ2v) is 6.68. The Kier molecular flexibility index (Phi) is 5.56. The number of carboxylic acids is 1. The van der Waals surface area contributed by atoms with Gasteiger partial charge in [0.05, 0.1) is 6.42 Å². The van der Waals surface area contributed by atoms with Crippen molar-refractivity contribution in [1.29, 1.82) is 0 Å². The van der Waals surface area contributed by atoms with Crippen molar-refractivity contribution in [3.05, 3.63) is 65.2 Å². The van der Waals surface area contributed by atoms with Gasteiger partial charge in [0.25, 0.3) is 0 Å². The molecule has 1 saturated heterocycles. The smallest absolute Gasteiger partial charge is 0.326 e. The van der Waals surface area contributed by atoms with Crippen LogP contribution in [-0.4, -0.2) is 34.5 Å². The molecule has 1 aliphatic rings. The average Bonchev–Trinajstić information content (AvgIpc) is 3.12. The van der Waals surface area contributed by atoms with Crippen molar-refractivity contribution >= 4 is 11.9 Å². The minimum Gasteiger partial charge on any atom is -0.489 e. The first-order valence-electron chi connectivity index (χ1n) is 8.82. The SMILES string of the molecule is Cc1ccc(COc2cccc(CC(=O)N3CCC[C@@H]3C(=O)O)c2)cc1. The van der Waals surface area contributed by atoms with Gasteiger partial charge >= 0.3 is 5.97 Å². The summed E-state index contributed by atoms with van der Waals surface area (Å²) in [7, 11) is 0. The fourth-order valence-electron chi connectivity index (χ4n) is 3.19. The molecule has 26 heavy (non-hydrogen) atoms. The molecule has 3 rings (SSSR count). The van der Waals surface area contributed by atoms with Gasteiger partial charge in [0.1, 0.15) is 18.4 Å². The van der Waals surface area contributed by atoms with Crippen LogP contribution in [0.15, 0.2) is 48.5 Å². The van der Waals surface area contributed by atoms with Crippen LogP contribution < -0.4 is 4.74 Å². The van der Waals surface area contributed by atoms with Crippen LogP contribution in [0.1, 0.15) is 29.5 Å². The third kappa shape index (κ3) is 4.42. The molecule has 0 unspecified atom stereocenters. The minimum atomic E-state index is -0.925. The predicted octanol–water partition coefficient (Wildman–Crippen LogP) is 3.19. The summed E-state index contributed by atoms with van der Waals surface area (Å²) in [4.78, 5) is 25.2. The first-order chi connectivity index (χ1) is 12.5. The van der Waals surface area contributed by atoms with Crippen LogP contribution in [0.5, 0.6) is 5.75 Å². The molecule has 0 aliphatic carbocycles. The average molecular weight is 353 g/mol. The number of carboxylic acid groups (broad SMARTS) is 1. The number of aliphatic carboxylic acids is 1. The normalized spacial score (nSPS) is 16.5. The third-order valence-corrected chi connectivity index (χ3v) is 4.64. The van der Waals surface area contributed by atoms with Crippen LogP contribution in [0, 0.1) is 6.92 Å². The van der Waals surface area contributed by atoms with E-state index in [0.29, 0.717) is 25.3 Å². The van der Waals surface area contributed by atoms with Crippen molar-refractivity contribution in [2.24, 2.45) is 0 Å². The Morgan fingerprint density at radius 1 is 1.15 bits per heavy atom. The highest BCUT2D eigenvalue weighted by atomic mass is 16.5. The molecule has 2 aromatic rings. The molecule has 1 fully saturated rings. The van der Waals surface area contributed by atoms with Gasteiger partial charge in [0.15, 0.2) is 0 Å². The molecule has 0 spiro atoms. The quantitative estimate of drug-likeness (QED) is 0.866. The Bertz CT molecular complexity index is 785. The summed E-state index contributed by atoms with van der Waals surface area (Å²) in [6.45, 7) is 3.02. The molecule has 1 aliphatic heterocycles. The van der Waals surface area contributed by atoms with Gasteiger partial charge in [0, 0.05) is 6.54 Å². The van der Waals surface area contributed by atoms with E-state index < -0.39 is 12.0 Å². The van der Waals surface area contributed by atoms with Crippen LogP contribution in [-0.2, 0) is 22.6 Å². The molecule has 0 bridgehead atoms. The topological polar surface area (TPSA) is 66.8 Å². The van der Waals surface area contributed by atoms with Crippen LogP contribution >= 0.6 is 0 Å². The van der Waals surface area contributed by atoms with E-state index >= 15 is 0 Å². The highest BCUT2D eigenvalue weighted by Gasteiger charge is 2.33. The lowest BCUT2D eigenvalue weighted by Gasteiger charge is -2.21. The third-order valence-electron chi connectivity index (χ3n) is 4.64. The second kappa shape index (κ2) is 8.04. The standard InChI is InChI=1S/C21H23NO4/c1-15-7-9-16(10-8-15)14-26-18-5-2-4-17(12-18)13-20(23)22-11-3-6-19(22)21(24)25/h2,4-5,7-10,12,19H,3,6,11,13-14H2,1H3,(H,24,25)/t19-/m1/s1. The summed E-state index contributed by atoms with van der Waals surface area (Å²) in [5.74, 6) is -0.372. The Morgan fingerprint density at radius 3 is 2.65 bits per heavy atom. The van der Waals surface area contributed by atoms with Gasteiger partial charge in [-0.25, -0.2) is 4.79 Å². The summed E-state index contributed by atoms with van der Waals surface area (Å²) in [6.07, 6.45) is 1.45. The molecule has 5 heteroatoms. The van der Waals surface area contributed by atoms with E-state index in [1.54, 1.807) is 0 Å². The summed E-state index contributed by atoms with van der Waals surface area (Å²) in [6, 6.07) is 14.9. The number of aryl methyl sites for hydroxylation is 1. The summed E-state index contributed by atoms with van der Waals surface area (Å²) in [5.41, 5.74) is 3.11. The number of ether oxygens (including phenoxy) is 1. The van der Waals surface area contributed by atoms with Crippen LogP contribution in [0.2, 0.25) is 0 Å². The van der Waals surface area contributed by atoms with Crippen LogP contribution in [0.4, 0.5) is 0 Å². The monoisotopic (exact) mass is 353 g/mol. The number of nitrogens with zero attached hydrogens (tertiary/aromatic N) is 1. The lowest BCUT2D eigenvalue weighted by atomic mass is 10.1. The fourth-order valence-corrected chi connectivity index (χ4v) is 3.19. The molecular formula is C21H23NO4. The molecule has 1 atom stereocenters. The second-order valence-electron chi connectivity index (χ2n) is 6.68. The maximum absolute atomic E-state index is 12.5. The van der Waals surface area contributed by atoms with E-state index in [1.807, 2.05) is 55.5 Å². The van der Waals surface area contributed by atoms with Crippen molar-refractivity contribution in [3.63, 3.8) is 0 Å². The first-order valence-corrected chi connectivity index (χ1v) is 8.82. The highest BCUT2D eigenvalue weighted by Crippen LogP contribution is 2.21. The van der Waals surface area contributed by atoms with Gasteiger partial charge in [-0.2, -0.15) is 0 Å². The van der Waals surface area contributed by atoms with Gasteiger partial charge in [-0.1, -0.05) is 42.0 Å². The fraction of sp³-hybridized carbons (Fsp3) is 0.333. The van der Waals surface area contributed by atoms with E-state index in [4.69, 9.17) is 4.74 Å². The molecular weight excluding hydrogens is 330 g/mol. The largest absolute Gasteiger partial charge is 0.489 e. The van der Waals surface area contributed by atoms with E-state index in [-0.39, 0.29) is 12.3 Å². The van der Waals surface area contributed by atoms with E-state index in [9.17, 15) is 14.7 Å². The Labute approximate surface area is 153 Å². The zero-order valence-electron chi connectivity index (χ0n) is 14.9. The number of benzene rings is 2. The molecule has 2 aromatic carbocycles. The van der Waals surface area contributed by atoms with Crippen LogP contribution in [0.25, 0.3) is 0 Å². The number of rotatable bonds is 6. The summed E-state index contributed by atoms with van der Waals surface area (Å²) in [5, 5.41) is 9.22. The van der Waals surface area contributed by atoms with Crippen molar-refractivity contribution in [2.75, 3.05) is 6.54 Å². The van der Waals surface area contributed by atoms with Crippen molar-refractivity contribution in [1.82, 2.24) is 4.90 Å². The Balaban J connectivity index is 1.61. The van der Waals surface area contributed by atoms with Crippen molar-refractivity contribution in [2.45, 2.75) is 38.8 Å². The Morgan fingerprint density at radius 2 is 1.92 bits per heavy atom. The number of likely N-dealkylation sites (tertiary alicyclic amines) is 1. The molecule has 1 heterocycles. The van der Waals surface area contributed by atoms with Crippen LogP contribution in [0.3, 0.4) is 0 Å². The maximum atomic E-state index is 12.5. The summed E-state index contributed by atoms with van der Waals surface area (Å²) >= 11 is 0. The molecule has 1 N–H and O–H groups in total. The lowest BCUT2D eigenvalue weighted by Crippen LogP contribution is -2.41. The molecule has 1 amide bonds. The zero-order chi connectivity index (χ0) is 18.5. The number of amides is 1. The minimum absolute atomic E-state index is 0.148. The van der Waals surface area contributed by atoms with Gasteiger partial charge < -0.3 is 14.7 Å². The lowest BCUT2D eigenvalue weighted by molar-refractivity contribution is -0.148. The number of hydrogen-bond donors (Lipinski definition) is 1. The Hall–Kier alpha value is -2.82. The van der Waals surface area contributed by atoms with E-state index in [1.165, 1.54) is 10.5 Å². The van der Waals surface area contributed by atoms with Gasteiger partial charge in [-0.15, -0.1) is 0 Å². The molecule has 136 valence electrons. The van der Waals surface area contributed by atoms with E-state index in [0.717, 1.165) is 17.5 Å². The van der Waals surface area contributed by atoms with E-state index in [2.05, 4.69) is 0 Å². The number of carbonyl (C=O) groups is 2. The highest BCUT2D eigenvalue weighted by molar-refractivity contribution is 5.85. The summed E-state index contributed by atoms with van der Waals surface area (Å²) < 4.78 is 5.82.